The maximum atomic E-state index is 11.3. The van der Waals surface area contributed by atoms with E-state index >= 15 is 0 Å². The van der Waals surface area contributed by atoms with E-state index in [1.807, 2.05) is 0 Å². The molecule has 20 heavy (non-hydrogen) atoms. The van der Waals surface area contributed by atoms with Crippen LogP contribution in [-0.2, 0) is 0 Å². The van der Waals surface area contributed by atoms with Gasteiger partial charge in [0.1, 0.15) is 17.2 Å². The van der Waals surface area contributed by atoms with Crippen LogP contribution in [0.2, 0.25) is 0 Å². The number of nitrogens with one attached hydrogen (secondary N) is 2. The summed E-state index contributed by atoms with van der Waals surface area (Å²) in [6.45, 7) is 3.16. The fraction of sp³-hybridized carbons (Fsp3) is 0.167. The molecule has 0 unspecified atom stereocenters. The Kier molecular flexibility index (Phi) is 3.65. The van der Waals surface area contributed by atoms with Crippen LogP contribution in [0.15, 0.2) is 28.1 Å². The van der Waals surface area contributed by atoms with Gasteiger partial charge in [-0.1, -0.05) is 0 Å². The number of aryl methyl sites for hydroxylation is 1. The Hall–Kier alpha value is -2.90. The number of hydrazone groups is 1. The third-order valence-corrected chi connectivity index (χ3v) is 2.56. The molecule has 0 aliphatic rings. The van der Waals surface area contributed by atoms with Crippen molar-refractivity contribution in [2.24, 2.45) is 5.10 Å². The Balaban J connectivity index is 2.24. The topological polar surface area (TPSA) is 123 Å². The van der Waals surface area contributed by atoms with Gasteiger partial charge in [-0.15, -0.1) is 10.2 Å². The van der Waals surface area contributed by atoms with Crippen molar-refractivity contribution < 1.29 is 10.2 Å². The molecular weight excluding hydrogens is 262 g/mol. The second kappa shape index (κ2) is 5.39. The van der Waals surface area contributed by atoms with Gasteiger partial charge in [-0.3, -0.25) is 9.78 Å². The second-order valence-corrected chi connectivity index (χ2v) is 4.10. The monoisotopic (exact) mass is 275 g/mol. The van der Waals surface area contributed by atoms with Gasteiger partial charge in [-0.25, -0.2) is 5.43 Å². The van der Waals surface area contributed by atoms with Crippen molar-refractivity contribution in [1.29, 1.82) is 0 Å². The molecule has 0 saturated carbocycles. The molecule has 4 N–H and O–H groups in total. The summed E-state index contributed by atoms with van der Waals surface area (Å²) in [5.41, 5.74) is 3.18. The molecule has 1 aromatic heterocycles. The van der Waals surface area contributed by atoms with Gasteiger partial charge in [0.05, 0.1) is 5.71 Å². The maximum absolute atomic E-state index is 11.3. The summed E-state index contributed by atoms with van der Waals surface area (Å²) in [5.74, 6) is 0.0739. The summed E-state index contributed by atoms with van der Waals surface area (Å²) in [4.78, 5) is 13.8. The number of hydrogen-bond donors (Lipinski definition) is 4. The second-order valence-electron chi connectivity index (χ2n) is 4.10. The van der Waals surface area contributed by atoms with Gasteiger partial charge in [-0.2, -0.15) is 5.10 Å². The van der Waals surface area contributed by atoms with Crippen LogP contribution >= 0.6 is 0 Å². The molecule has 0 bridgehead atoms. The highest BCUT2D eigenvalue weighted by molar-refractivity contribution is 6.01. The number of benzene rings is 1. The number of H-pyrrole nitrogens is 1. The number of anilines is 1. The molecule has 1 aromatic carbocycles. The van der Waals surface area contributed by atoms with E-state index in [-0.39, 0.29) is 28.7 Å². The van der Waals surface area contributed by atoms with E-state index in [9.17, 15) is 15.0 Å². The lowest BCUT2D eigenvalue weighted by Crippen LogP contribution is -2.16. The molecule has 0 aliphatic carbocycles. The summed E-state index contributed by atoms with van der Waals surface area (Å²) in [6, 6.07) is 4.10. The van der Waals surface area contributed by atoms with Crippen LogP contribution in [0.5, 0.6) is 11.5 Å². The number of aromatic hydroxyl groups is 2. The van der Waals surface area contributed by atoms with Crippen LogP contribution in [0.1, 0.15) is 18.2 Å². The van der Waals surface area contributed by atoms with Crippen molar-refractivity contribution >= 4 is 11.7 Å². The van der Waals surface area contributed by atoms with Gasteiger partial charge >= 0.3 is 0 Å². The highest BCUT2D eigenvalue weighted by atomic mass is 16.3. The summed E-state index contributed by atoms with van der Waals surface area (Å²) in [7, 11) is 0. The van der Waals surface area contributed by atoms with Crippen LogP contribution in [0.4, 0.5) is 5.95 Å². The van der Waals surface area contributed by atoms with Crippen molar-refractivity contribution in [3.05, 3.63) is 39.8 Å². The van der Waals surface area contributed by atoms with E-state index in [1.165, 1.54) is 25.1 Å². The molecule has 0 aliphatic heterocycles. The van der Waals surface area contributed by atoms with Crippen LogP contribution in [0, 0.1) is 6.92 Å². The molecule has 8 nitrogen and oxygen atoms in total. The fourth-order valence-electron chi connectivity index (χ4n) is 1.45. The Morgan fingerprint density at radius 3 is 2.80 bits per heavy atom. The maximum Gasteiger partial charge on any atom is 0.274 e. The number of nitrogens with zero attached hydrogens (tertiary/aromatic N) is 3. The lowest BCUT2D eigenvalue weighted by Gasteiger charge is -2.05. The lowest BCUT2D eigenvalue weighted by atomic mass is 10.1. The molecule has 0 radical (unpaired) electrons. The summed E-state index contributed by atoms with van der Waals surface area (Å²) >= 11 is 0. The van der Waals surface area contributed by atoms with E-state index in [0.29, 0.717) is 11.3 Å². The zero-order valence-electron chi connectivity index (χ0n) is 10.9. The normalized spacial score (nSPS) is 11.4. The van der Waals surface area contributed by atoms with Crippen molar-refractivity contribution in [1.82, 2.24) is 15.2 Å². The largest absolute Gasteiger partial charge is 0.508 e. The predicted octanol–water partition coefficient (Wildman–Crippen LogP) is 0.721. The molecule has 0 fully saturated rings. The summed E-state index contributed by atoms with van der Waals surface area (Å²) < 4.78 is 0. The van der Waals surface area contributed by atoms with Crippen molar-refractivity contribution in [3.8, 4) is 11.5 Å². The lowest BCUT2D eigenvalue weighted by molar-refractivity contribution is 0.459. The van der Waals surface area contributed by atoms with Crippen LogP contribution < -0.4 is 11.0 Å². The molecule has 1 heterocycles. The number of phenols is 2. The van der Waals surface area contributed by atoms with Crippen LogP contribution in [-0.4, -0.2) is 31.1 Å². The Labute approximate surface area is 113 Å². The molecule has 104 valence electrons. The third-order valence-electron chi connectivity index (χ3n) is 2.56. The smallest absolute Gasteiger partial charge is 0.274 e. The number of rotatable bonds is 3. The number of aromatic amines is 1. The molecule has 8 heteroatoms. The number of phenolic OH excluding ortho intramolecular Hbond substituents is 2. The molecule has 2 rings (SSSR count). The van der Waals surface area contributed by atoms with E-state index in [0.717, 1.165) is 0 Å². The first kappa shape index (κ1) is 13.5. The number of hydrogen-bond acceptors (Lipinski definition) is 7. The average Bonchev–Trinajstić information content (AvgIpc) is 2.42. The summed E-state index contributed by atoms with van der Waals surface area (Å²) in [6.07, 6.45) is 0. The quantitative estimate of drug-likeness (QED) is 0.372. The summed E-state index contributed by atoms with van der Waals surface area (Å²) in [5, 5.41) is 30.4. The van der Waals surface area contributed by atoms with E-state index in [1.54, 1.807) is 6.92 Å². The minimum Gasteiger partial charge on any atom is -0.508 e. The van der Waals surface area contributed by atoms with Crippen molar-refractivity contribution in [3.63, 3.8) is 0 Å². The molecule has 2 aromatic rings. The van der Waals surface area contributed by atoms with Crippen molar-refractivity contribution in [2.45, 2.75) is 13.8 Å². The Bertz CT molecular complexity index is 723. The third kappa shape index (κ3) is 2.91. The zero-order valence-corrected chi connectivity index (χ0v) is 10.9. The van der Waals surface area contributed by atoms with Gasteiger partial charge in [0.2, 0.25) is 5.95 Å². The van der Waals surface area contributed by atoms with Gasteiger partial charge < -0.3 is 10.2 Å². The standard InChI is InChI=1S/C12H13N5O3/c1-6(9-5-8(18)3-4-10(9)19)14-16-12-13-11(20)7(2)15-17-12/h3-5,18-19H,1-2H3,(H2,13,16,17,20)/b14-6+. The Morgan fingerprint density at radius 2 is 2.10 bits per heavy atom. The average molecular weight is 275 g/mol. The van der Waals surface area contributed by atoms with Gasteiger partial charge in [0.25, 0.3) is 5.56 Å². The first-order valence-corrected chi connectivity index (χ1v) is 5.73. The predicted molar refractivity (Wildman–Crippen MR) is 73.0 cm³/mol. The van der Waals surface area contributed by atoms with Crippen LogP contribution in [0.3, 0.4) is 0 Å². The first-order valence-electron chi connectivity index (χ1n) is 5.73. The minimum absolute atomic E-state index is 0.0101. The van der Waals surface area contributed by atoms with Crippen LogP contribution in [0.25, 0.3) is 0 Å². The SMILES string of the molecule is C/C(=N\Nc1nnc(C)c(=O)[nH]1)c1cc(O)ccc1O. The van der Waals surface area contributed by atoms with Gasteiger partial charge in [0, 0.05) is 5.56 Å². The van der Waals surface area contributed by atoms with Gasteiger partial charge in [0.15, 0.2) is 0 Å². The molecule has 0 saturated heterocycles. The fourth-order valence-corrected chi connectivity index (χ4v) is 1.45. The molecule has 0 amide bonds. The highest BCUT2D eigenvalue weighted by Gasteiger charge is 2.06. The Morgan fingerprint density at radius 1 is 1.35 bits per heavy atom. The van der Waals surface area contributed by atoms with E-state index in [2.05, 4.69) is 25.7 Å². The molecule has 0 atom stereocenters. The number of aromatic nitrogens is 3. The van der Waals surface area contributed by atoms with E-state index < -0.39 is 0 Å². The van der Waals surface area contributed by atoms with E-state index in [4.69, 9.17) is 0 Å². The molecule has 0 spiro atoms. The van der Waals surface area contributed by atoms with Gasteiger partial charge in [-0.05, 0) is 32.0 Å². The van der Waals surface area contributed by atoms with Crippen molar-refractivity contribution in [2.75, 3.05) is 5.43 Å². The zero-order chi connectivity index (χ0) is 14.7. The molecular formula is C12H13N5O3. The first-order chi connectivity index (χ1) is 9.47. The minimum atomic E-state index is -0.365. The highest BCUT2D eigenvalue weighted by Crippen LogP contribution is 2.22.